The maximum Gasteiger partial charge on any atom is 0.273 e. The zero-order valence-electron chi connectivity index (χ0n) is 14.4. The van der Waals surface area contributed by atoms with Crippen molar-refractivity contribution in [2.75, 3.05) is 5.73 Å². The Hall–Kier alpha value is -3.12. The first-order valence-corrected chi connectivity index (χ1v) is 9.06. The van der Waals surface area contributed by atoms with Gasteiger partial charge in [-0.15, -0.1) is 0 Å². The summed E-state index contributed by atoms with van der Waals surface area (Å²) >= 11 is 3.41. The van der Waals surface area contributed by atoms with Crippen LogP contribution in [-0.4, -0.2) is 12.1 Å². The van der Waals surface area contributed by atoms with Gasteiger partial charge < -0.3 is 10.5 Å². The topological polar surface area (TPSA) is 76.7 Å². The molecule has 0 aliphatic heterocycles. The number of ether oxygens (including phenoxy) is 1. The third-order valence-electron chi connectivity index (χ3n) is 3.76. The van der Waals surface area contributed by atoms with Gasteiger partial charge in [-0.05, 0) is 47.5 Å². The highest BCUT2D eigenvalue weighted by Crippen LogP contribution is 2.16. The Labute approximate surface area is 166 Å². The molecule has 0 bridgehead atoms. The number of nitrogens with zero attached hydrogens (tertiary/aromatic N) is 1. The molecule has 3 aromatic rings. The number of benzene rings is 3. The Morgan fingerprint density at radius 2 is 1.85 bits per heavy atom. The van der Waals surface area contributed by atoms with E-state index in [0.29, 0.717) is 17.9 Å². The van der Waals surface area contributed by atoms with Crippen molar-refractivity contribution in [3.63, 3.8) is 0 Å². The van der Waals surface area contributed by atoms with Gasteiger partial charge in [-0.3, -0.25) is 4.79 Å². The Morgan fingerprint density at radius 1 is 1.07 bits per heavy atom. The molecule has 0 radical (unpaired) electrons. The van der Waals surface area contributed by atoms with Crippen molar-refractivity contribution < 1.29 is 9.53 Å². The van der Waals surface area contributed by atoms with Crippen molar-refractivity contribution in [2.24, 2.45) is 5.10 Å². The summed E-state index contributed by atoms with van der Waals surface area (Å²) in [6.45, 7) is 0.470. The minimum absolute atomic E-state index is 0.355. The van der Waals surface area contributed by atoms with Gasteiger partial charge in [0.15, 0.2) is 0 Å². The first-order chi connectivity index (χ1) is 13.1. The first kappa shape index (κ1) is 18.7. The van der Waals surface area contributed by atoms with Crippen LogP contribution >= 0.6 is 15.9 Å². The van der Waals surface area contributed by atoms with Gasteiger partial charge >= 0.3 is 0 Å². The van der Waals surface area contributed by atoms with Crippen molar-refractivity contribution in [3.05, 3.63) is 94.0 Å². The average molecular weight is 424 g/mol. The molecule has 3 N–H and O–H groups in total. The number of nitrogens with two attached hydrogens (primary N) is 1. The van der Waals surface area contributed by atoms with Crippen molar-refractivity contribution in [1.29, 1.82) is 0 Å². The van der Waals surface area contributed by atoms with Gasteiger partial charge in [-0.2, -0.15) is 5.10 Å². The predicted octanol–water partition coefficient (Wildman–Crippen LogP) is 4.37. The minimum Gasteiger partial charge on any atom is -0.489 e. The highest BCUT2D eigenvalue weighted by molar-refractivity contribution is 9.10. The summed E-state index contributed by atoms with van der Waals surface area (Å²) in [6.07, 6.45) is 1.56. The molecule has 0 aliphatic carbocycles. The molecule has 0 aromatic heterocycles. The van der Waals surface area contributed by atoms with Crippen molar-refractivity contribution in [3.8, 4) is 5.75 Å². The van der Waals surface area contributed by atoms with Crippen molar-refractivity contribution in [2.45, 2.75) is 6.61 Å². The Balaban J connectivity index is 1.58. The Bertz CT molecular complexity index is 956. The molecule has 0 atom stereocenters. The standard InChI is InChI=1S/C21H18BrN3O2/c22-17-10-8-15(9-11-17)14-27-18-5-3-4-16(12-18)13-24-25-21(26)19-6-1-2-7-20(19)23/h1-13H,14,23H2,(H,25,26)/b24-13+. The van der Waals surface area contributed by atoms with E-state index in [1.807, 2.05) is 48.5 Å². The van der Waals surface area contributed by atoms with E-state index in [4.69, 9.17) is 10.5 Å². The predicted molar refractivity (Wildman–Crippen MR) is 111 cm³/mol. The molecule has 0 fully saturated rings. The summed E-state index contributed by atoms with van der Waals surface area (Å²) in [7, 11) is 0. The van der Waals surface area contributed by atoms with Gasteiger partial charge in [0, 0.05) is 10.2 Å². The summed E-state index contributed by atoms with van der Waals surface area (Å²) in [5, 5.41) is 3.99. The van der Waals surface area contributed by atoms with Crippen LogP contribution in [0, 0.1) is 0 Å². The van der Waals surface area contributed by atoms with E-state index in [-0.39, 0.29) is 5.91 Å². The highest BCUT2D eigenvalue weighted by atomic mass is 79.9. The normalized spacial score (nSPS) is 10.7. The molecular weight excluding hydrogens is 406 g/mol. The number of nitrogens with one attached hydrogen (secondary N) is 1. The van der Waals surface area contributed by atoms with E-state index >= 15 is 0 Å². The molecule has 0 spiro atoms. The second-order valence-electron chi connectivity index (χ2n) is 5.77. The lowest BCUT2D eigenvalue weighted by atomic mass is 10.2. The second kappa shape index (κ2) is 9.00. The molecule has 3 rings (SSSR count). The van der Waals surface area contributed by atoms with Gasteiger partial charge in [0.1, 0.15) is 12.4 Å². The van der Waals surface area contributed by atoms with Crippen LogP contribution in [0.5, 0.6) is 5.75 Å². The monoisotopic (exact) mass is 423 g/mol. The largest absolute Gasteiger partial charge is 0.489 e. The first-order valence-electron chi connectivity index (χ1n) is 8.27. The summed E-state index contributed by atoms with van der Waals surface area (Å²) in [4.78, 5) is 12.1. The zero-order chi connectivity index (χ0) is 19.1. The number of nitrogen functional groups attached to an aromatic ring is 1. The number of anilines is 1. The lowest BCUT2D eigenvalue weighted by Gasteiger charge is -2.07. The fourth-order valence-corrected chi connectivity index (χ4v) is 2.63. The fourth-order valence-electron chi connectivity index (χ4n) is 2.36. The van der Waals surface area contributed by atoms with Crippen LogP contribution in [-0.2, 0) is 6.61 Å². The summed E-state index contributed by atoms with van der Waals surface area (Å²) in [5.74, 6) is 0.368. The molecule has 0 aliphatic rings. The molecule has 0 heterocycles. The van der Waals surface area contributed by atoms with Crippen LogP contribution in [0.4, 0.5) is 5.69 Å². The van der Waals surface area contributed by atoms with Crippen LogP contribution in [0.3, 0.4) is 0 Å². The fraction of sp³-hybridized carbons (Fsp3) is 0.0476. The molecule has 0 unspecified atom stereocenters. The molecule has 27 heavy (non-hydrogen) atoms. The molecular formula is C21H18BrN3O2. The van der Waals surface area contributed by atoms with E-state index in [2.05, 4.69) is 26.5 Å². The van der Waals surface area contributed by atoms with E-state index in [1.165, 1.54) is 0 Å². The van der Waals surface area contributed by atoms with Crippen LogP contribution in [0.15, 0.2) is 82.4 Å². The summed E-state index contributed by atoms with van der Waals surface area (Å²) in [5.41, 5.74) is 10.9. The molecule has 1 amide bonds. The lowest BCUT2D eigenvalue weighted by molar-refractivity contribution is 0.0956. The van der Waals surface area contributed by atoms with E-state index < -0.39 is 0 Å². The molecule has 0 saturated carbocycles. The molecule has 5 nitrogen and oxygen atoms in total. The van der Waals surface area contributed by atoms with Gasteiger partial charge in [0.25, 0.3) is 5.91 Å². The number of para-hydroxylation sites is 1. The zero-order valence-corrected chi connectivity index (χ0v) is 16.0. The number of amides is 1. The molecule has 136 valence electrons. The number of hydrogen-bond acceptors (Lipinski definition) is 4. The van der Waals surface area contributed by atoms with Crippen LogP contribution < -0.4 is 15.9 Å². The third-order valence-corrected chi connectivity index (χ3v) is 4.29. The smallest absolute Gasteiger partial charge is 0.273 e. The molecule has 3 aromatic carbocycles. The second-order valence-corrected chi connectivity index (χ2v) is 6.69. The maximum absolute atomic E-state index is 12.1. The van der Waals surface area contributed by atoms with E-state index in [1.54, 1.807) is 30.5 Å². The summed E-state index contributed by atoms with van der Waals surface area (Å²) in [6, 6.07) is 22.3. The quantitative estimate of drug-likeness (QED) is 0.351. The van der Waals surface area contributed by atoms with Crippen LogP contribution in [0.25, 0.3) is 0 Å². The maximum atomic E-state index is 12.1. The van der Waals surface area contributed by atoms with Gasteiger partial charge in [0.05, 0.1) is 11.8 Å². The van der Waals surface area contributed by atoms with Crippen molar-refractivity contribution in [1.82, 2.24) is 5.43 Å². The number of halogens is 1. The van der Waals surface area contributed by atoms with Gasteiger partial charge in [0.2, 0.25) is 0 Å². The Morgan fingerprint density at radius 3 is 2.63 bits per heavy atom. The number of hydrazone groups is 1. The average Bonchev–Trinajstić information content (AvgIpc) is 2.68. The van der Waals surface area contributed by atoms with E-state index in [0.717, 1.165) is 21.3 Å². The SMILES string of the molecule is Nc1ccccc1C(=O)N/N=C/c1cccc(OCc2ccc(Br)cc2)c1. The number of rotatable bonds is 6. The molecule has 6 heteroatoms. The summed E-state index contributed by atoms with van der Waals surface area (Å²) < 4.78 is 6.84. The number of carbonyl (C=O) groups excluding carboxylic acids is 1. The van der Waals surface area contributed by atoms with Crippen molar-refractivity contribution >= 4 is 33.7 Å². The number of hydrogen-bond donors (Lipinski definition) is 2. The van der Waals surface area contributed by atoms with Gasteiger partial charge in [-0.25, -0.2) is 5.43 Å². The van der Waals surface area contributed by atoms with Crippen LogP contribution in [0.2, 0.25) is 0 Å². The highest BCUT2D eigenvalue weighted by Gasteiger charge is 2.07. The third kappa shape index (κ3) is 5.43. The molecule has 0 saturated heterocycles. The van der Waals surface area contributed by atoms with Crippen LogP contribution in [0.1, 0.15) is 21.5 Å². The Kier molecular flexibility index (Phi) is 6.22. The van der Waals surface area contributed by atoms with E-state index in [9.17, 15) is 4.79 Å². The number of carbonyl (C=O) groups is 1. The minimum atomic E-state index is -0.355. The lowest BCUT2D eigenvalue weighted by Crippen LogP contribution is -2.18. The van der Waals surface area contributed by atoms with Gasteiger partial charge in [-0.1, -0.05) is 52.3 Å².